The minimum atomic E-state index is 0.552. The van der Waals surface area contributed by atoms with Crippen molar-refractivity contribution in [1.29, 1.82) is 0 Å². The molecule has 20 rings (SSSR count). The molecule has 0 saturated heterocycles. The monoisotopic (exact) mass is 1390 g/mol. The molecule has 12 atom stereocenters. The van der Waals surface area contributed by atoms with Crippen molar-refractivity contribution in [2.75, 3.05) is 0 Å². The smallest absolute Gasteiger partial charge is 0.0241 e. The van der Waals surface area contributed by atoms with Crippen LogP contribution in [0.25, 0.3) is 0 Å². The Labute approximate surface area is 630 Å². The summed E-state index contributed by atoms with van der Waals surface area (Å²) in [7, 11) is 0. The van der Waals surface area contributed by atoms with Crippen molar-refractivity contribution >= 4 is 0 Å². The van der Waals surface area contributed by atoms with E-state index in [1.165, 1.54) is 217 Å². The second-order valence-corrected chi connectivity index (χ2v) is 49.3. The predicted octanol–water partition coefficient (Wildman–Crippen LogP) is 32.4. The van der Waals surface area contributed by atoms with Gasteiger partial charge >= 0.3 is 0 Å². The summed E-state index contributed by atoms with van der Waals surface area (Å²) in [4.78, 5) is 0. The highest BCUT2D eigenvalue weighted by Crippen LogP contribution is 2.66. The maximum Gasteiger partial charge on any atom is -0.0241 e. The lowest BCUT2D eigenvalue weighted by Gasteiger charge is -2.62. The molecule has 100 heavy (non-hydrogen) atoms. The Morgan fingerprint density at radius 1 is 0.210 bits per heavy atom. The van der Waals surface area contributed by atoms with Crippen molar-refractivity contribution in [3.05, 3.63) is 0 Å². The van der Waals surface area contributed by atoms with Crippen molar-refractivity contribution in [3.63, 3.8) is 0 Å². The molecule has 0 aromatic rings. The first-order valence-electron chi connectivity index (χ1n) is 46.6. The van der Waals surface area contributed by atoms with Crippen molar-refractivity contribution in [2.45, 2.75) is 449 Å². The average Bonchev–Trinajstić information content (AvgIpc) is 1.71. The molecule has 20 saturated carbocycles. The number of rotatable bonds is 0. The normalized spacial score (nSPS) is 41.7. The molecule has 0 aromatic carbocycles. The average molecular weight is 1390 g/mol. The molecule has 584 valence electrons. The van der Waals surface area contributed by atoms with Crippen LogP contribution in [0.2, 0.25) is 0 Å². The fourth-order valence-corrected chi connectivity index (χ4v) is 28.3. The quantitative estimate of drug-likeness (QED) is 0.227. The van der Waals surface area contributed by atoms with Crippen LogP contribution < -0.4 is 0 Å². The molecule has 0 aliphatic heterocycles. The molecule has 0 amide bonds. The summed E-state index contributed by atoms with van der Waals surface area (Å²) < 4.78 is 0. The van der Waals surface area contributed by atoms with Gasteiger partial charge in [0, 0.05) is 0 Å². The minimum absolute atomic E-state index is 0.552. The van der Waals surface area contributed by atoms with E-state index in [-0.39, 0.29) is 0 Å². The third-order valence-electron chi connectivity index (χ3n) is 33.7. The lowest BCUT2D eigenvalue weighted by atomic mass is 9.43. The van der Waals surface area contributed by atoms with Crippen LogP contribution in [0.3, 0.4) is 0 Å². The van der Waals surface area contributed by atoms with Gasteiger partial charge in [0.05, 0.1) is 0 Å². The van der Waals surface area contributed by atoms with Gasteiger partial charge in [-0.25, -0.2) is 0 Å². The van der Waals surface area contributed by atoms with E-state index in [1.807, 2.05) is 0 Å². The third-order valence-corrected chi connectivity index (χ3v) is 33.7. The first kappa shape index (κ1) is 84.0. The molecule has 0 aromatic heterocycles. The molecule has 0 spiro atoms. The summed E-state index contributed by atoms with van der Waals surface area (Å²) in [5, 5.41) is 0. The summed E-state index contributed by atoms with van der Waals surface area (Å²) in [6, 6.07) is 0. The van der Waals surface area contributed by atoms with E-state index in [9.17, 15) is 0 Å². The highest BCUT2D eigenvalue weighted by atomic mass is 14.6. The van der Waals surface area contributed by atoms with E-state index in [4.69, 9.17) is 0 Å². The third kappa shape index (κ3) is 23.8. The molecule has 20 aliphatic rings. The van der Waals surface area contributed by atoms with Crippen LogP contribution in [0.4, 0.5) is 0 Å². The number of fused-ring (bicyclic) bond motifs is 15. The summed E-state index contributed by atoms with van der Waals surface area (Å²) >= 11 is 0. The van der Waals surface area contributed by atoms with Gasteiger partial charge in [-0.1, -0.05) is 301 Å². The van der Waals surface area contributed by atoms with E-state index in [2.05, 4.69) is 166 Å². The highest BCUT2D eigenvalue weighted by Gasteiger charge is 2.56. The second-order valence-electron chi connectivity index (χ2n) is 49.3. The molecular weight excluding hydrogens is 1200 g/mol. The van der Waals surface area contributed by atoms with Crippen LogP contribution in [-0.2, 0) is 0 Å². The van der Waals surface area contributed by atoms with Crippen LogP contribution in [0, 0.1) is 185 Å². The molecule has 0 radical (unpaired) electrons. The van der Waals surface area contributed by atoms with Gasteiger partial charge in [0.2, 0.25) is 0 Å². The molecule has 0 heterocycles. The van der Waals surface area contributed by atoms with Gasteiger partial charge in [0.15, 0.2) is 0 Å². The Bertz CT molecular complexity index is 2240. The molecule has 0 nitrogen and oxygen atoms in total. The van der Waals surface area contributed by atoms with E-state index in [1.54, 1.807) is 77.0 Å². The van der Waals surface area contributed by atoms with Gasteiger partial charge in [-0.3, -0.25) is 0 Å². The zero-order valence-corrected chi connectivity index (χ0v) is 73.0. The second kappa shape index (κ2) is 35.4. The van der Waals surface area contributed by atoms with Crippen LogP contribution in [0.5, 0.6) is 0 Å². The van der Waals surface area contributed by atoms with Crippen LogP contribution in [0.1, 0.15) is 449 Å². The molecule has 12 unspecified atom stereocenters. The molecule has 18 bridgehead atoms. The minimum Gasteiger partial charge on any atom is -0.0630 e. The molecule has 0 N–H and O–H groups in total. The number of hydrogen-bond acceptors (Lipinski definition) is 0. The molecule has 0 heteroatoms. The Morgan fingerprint density at radius 2 is 0.490 bits per heavy atom. The van der Waals surface area contributed by atoms with E-state index >= 15 is 0 Å². The predicted molar refractivity (Wildman–Crippen MR) is 443 cm³/mol. The maximum atomic E-state index is 2.49. The molecular formula is C100H184. The fourth-order valence-electron chi connectivity index (χ4n) is 28.3. The summed E-state index contributed by atoms with van der Waals surface area (Å²) in [5.41, 5.74) is 4.68. The van der Waals surface area contributed by atoms with Crippen molar-refractivity contribution in [2.24, 2.45) is 185 Å². The van der Waals surface area contributed by atoms with Gasteiger partial charge in [-0.2, -0.15) is 0 Å². The standard InChI is InChI=1S/C14H24.2C14H26.2C13H24.C12H22.C11H20.C5H8.C4H10/c1-13(2,3)14-7-10-4-11(8-14)6-12(5-10)9-14;1-14(2,3)13-10-8-11-5-4-6-12(13)9-7-11;1-14(2,3)13-9-11-6-4-5-7-12(8-11)10-13;1-13(2,3)12-9-6-10-4-7-11(12)8-5-10;1-13(2,3)12-10-6-4-7-11(12)9-5-8-10;1-12(2,3)11-7-5-9-4-6-10(11)8-9;1-11(2,3)10-7-8-4-5-9(10)6-8;1-4-2-5(1)3-4;1-4(2)3/h10-12H,4-9H2,1-3H3;2*11-13H,4-10H2,1-3H3;2*10-12H,4-9H2,1-3H3;9-11H,4-8H2,1-3H3;8-10H,4-7H2,1-3H3;4-5H,1-3H2;4H,1-3H3. The fraction of sp³-hybridized carbons (Fsp3) is 1.00. The van der Waals surface area contributed by atoms with Crippen molar-refractivity contribution in [3.8, 4) is 0 Å². The number of hydrogen-bond donors (Lipinski definition) is 0. The highest BCUT2D eigenvalue weighted by molar-refractivity contribution is 5.06. The SMILES string of the molecule is C1C2CC1C2.CC(C)(C)C12CC3CC(CC(C3)C1)C2.CC(C)(C)C1C2CCCC1CCC2.CC(C)(C)C1CC2CCC1C2.CC(C)(C)C1CC2CCCCC(C2)C1.CC(C)(C)C1CCC2CCC1C2.CC(C)(C)C1CCC2CCC1CC2.CC(C)(C)C1CCC2CCCC1CC2.CC(C)C. The largest absolute Gasteiger partial charge is 0.0630 e. The van der Waals surface area contributed by atoms with Crippen molar-refractivity contribution < 1.29 is 0 Å². The molecule has 20 aliphatic carbocycles. The Morgan fingerprint density at radius 3 is 0.840 bits per heavy atom. The van der Waals surface area contributed by atoms with Crippen LogP contribution in [-0.4, -0.2) is 0 Å². The van der Waals surface area contributed by atoms with Gasteiger partial charge in [0.1, 0.15) is 0 Å². The Balaban J connectivity index is 0.000000133. The Kier molecular flexibility index (Phi) is 29.7. The maximum absolute atomic E-state index is 2.49. The van der Waals surface area contributed by atoms with Gasteiger partial charge in [0.25, 0.3) is 0 Å². The Hall–Kier alpha value is 0. The molecule has 20 fully saturated rings. The zero-order chi connectivity index (χ0) is 73.0. The first-order valence-corrected chi connectivity index (χ1v) is 46.6. The first-order chi connectivity index (χ1) is 46.6. The van der Waals surface area contributed by atoms with Crippen molar-refractivity contribution in [1.82, 2.24) is 0 Å². The lowest BCUT2D eigenvalue weighted by molar-refractivity contribution is -0.113. The van der Waals surface area contributed by atoms with E-state index in [0.29, 0.717) is 37.9 Å². The summed E-state index contributed by atoms with van der Waals surface area (Å²) in [5.74, 6) is 25.8. The summed E-state index contributed by atoms with van der Waals surface area (Å²) in [6.07, 6.45) is 67.7. The zero-order valence-electron chi connectivity index (χ0n) is 73.0. The van der Waals surface area contributed by atoms with Gasteiger partial charge < -0.3 is 0 Å². The lowest BCUT2D eigenvalue weighted by Crippen LogP contribution is -2.51. The van der Waals surface area contributed by atoms with E-state index < -0.39 is 0 Å². The van der Waals surface area contributed by atoms with Crippen LogP contribution >= 0.6 is 0 Å². The van der Waals surface area contributed by atoms with Gasteiger partial charge in [-0.15, -0.1) is 0 Å². The summed E-state index contributed by atoms with van der Waals surface area (Å²) in [6.45, 7) is 57.8. The topological polar surface area (TPSA) is 0 Å². The van der Waals surface area contributed by atoms with Gasteiger partial charge in [-0.05, 0) is 333 Å². The van der Waals surface area contributed by atoms with E-state index in [0.717, 1.165) is 136 Å². The van der Waals surface area contributed by atoms with Crippen LogP contribution in [0.15, 0.2) is 0 Å².